The zero-order valence-electron chi connectivity index (χ0n) is 12.9. The first kappa shape index (κ1) is 14.8. The topological polar surface area (TPSA) is 73.4 Å². The van der Waals surface area contributed by atoms with Crippen LogP contribution in [0.1, 0.15) is 36.6 Å². The fraction of sp³-hybridized carbons (Fsp3) is 0.500. The van der Waals surface area contributed by atoms with Crippen molar-refractivity contribution in [3.05, 3.63) is 23.0 Å². The molecule has 1 N–H and O–H groups in total. The van der Waals surface area contributed by atoms with Gasteiger partial charge in [-0.15, -0.1) is 0 Å². The molecule has 2 aromatic rings. The number of methoxy groups -OCH3 is 1. The molecule has 0 aromatic carbocycles. The number of carbonyl (C=O) groups is 1. The third-order valence-electron chi connectivity index (χ3n) is 3.93. The van der Waals surface area contributed by atoms with Gasteiger partial charge in [-0.3, -0.25) is 0 Å². The Morgan fingerprint density at radius 1 is 1.36 bits per heavy atom. The number of aromatic amines is 1. The van der Waals surface area contributed by atoms with E-state index in [2.05, 4.69) is 9.97 Å². The van der Waals surface area contributed by atoms with E-state index in [1.54, 1.807) is 20.2 Å². The van der Waals surface area contributed by atoms with Gasteiger partial charge in [-0.1, -0.05) is 0 Å². The highest BCUT2D eigenvalue weighted by molar-refractivity contribution is 5.89. The average Bonchev–Trinajstić information content (AvgIpc) is 2.89. The molecule has 0 amide bonds. The maximum Gasteiger partial charge on any atom is 0.515 e. The standard InChI is InChI=1S/C16H20N2O4/c1-3-21-16(19)22-15-11(9-20-2)14-10-6-4-5-7-12(10)18-13(14)8-17-15/h8,18H,3-7,9H2,1-2H3. The second-order valence-electron chi connectivity index (χ2n) is 5.34. The minimum atomic E-state index is -0.740. The fourth-order valence-electron chi connectivity index (χ4n) is 3.05. The highest BCUT2D eigenvalue weighted by Gasteiger charge is 2.22. The summed E-state index contributed by atoms with van der Waals surface area (Å²) in [6, 6.07) is 0. The van der Waals surface area contributed by atoms with Crippen LogP contribution in [0.25, 0.3) is 10.9 Å². The Balaban J connectivity index is 2.08. The van der Waals surface area contributed by atoms with Gasteiger partial charge in [-0.05, 0) is 38.2 Å². The summed E-state index contributed by atoms with van der Waals surface area (Å²) in [6.45, 7) is 2.33. The van der Waals surface area contributed by atoms with Gasteiger partial charge < -0.3 is 19.2 Å². The minimum Gasteiger partial charge on any atom is -0.434 e. The molecule has 2 aromatic heterocycles. The fourth-order valence-corrected chi connectivity index (χ4v) is 3.05. The Labute approximate surface area is 128 Å². The highest BCUT2D eigenvalue weighted by atomic mass is 16.7. The molecule has 3 rings (SSSR count). The van der Waals surface area contributed by atoms with Gasteiger partial charge in [0, 0.05) is 18.2 Å². The number of fused-ring (bicyclic) bond motifs is 3. The lowest BCUT2D eigenvalue weighted by atomic mass is 9.94. The molecule has 1 aliphatic rings. The van der Waals surface area contributed by atoms with E-state index in [1.807, 2.05) is 0 Å². The van der Waals surface area contributed by atoms with Crippen LogP contribution in [0.5, 0.6) is 5.88 Å². The van der Waals surface area contributed by atoms with Crippen LogP contribution in [-0.4, -0.2) is 29.8 Å². The molecule has 0 fully saturated rings. The van der Waals surface area contributed by atoms with Crippen LogP contribution in [0, 0.1) is 0 Å². The Bertz CT molecular complexity index is 693. The molecule has 0 saturated heterocycles. The molecule has 0 spiro atoms. The van der Waals surface area contributed by atoms with Gasteiger partial charge in [0.25, 0.3) is 0 Å². The van der Waals surface area contributed by atoms with Gasteiger partial charge in [0.15, 0.2) is 0 Å². The third kappa shape index (κ3) is 2.66. The normalized spacial score (nSPS) is 13.9. The van der Waals surface area contributed by atoms with E-state index in [0.717, 1.165) is 29.3 Å². The van der Waals surface area contributed by atoms with E-state index in [1.165, 1.54) is 24.1 Å². The molecule has 1 aliphatic carbocycles. The van der Waals surface area contributed by atoms with E-state index in [4.69, 9.17) is 14.2 Å². The lowest BCUT2D eigenvalue weighted by Crippen LogP contribution is -2.13. The number of nitrogens with one attached hydrogen (secondary N) is 1. The molecule has 6 nitrogen and oxygen atoms in total. The number of aromatic nitrogens is 2. The number of hydrogen-bond acceptors (Lipinski definition) is 5. The Morgan fingerprint density at radius 3 is 2.95 bits per heavy atom. The molecule has 22 heavy (non-hydrogen) atoms. The second-order valence-corrected chi connectivity index (χ2v) is 5.34. The number of ether oxygens (including phenoxy) is 3. The van der Waals surface area contributed by atoms with E-state index in [-0.39, 0.29) is 12.5 Å². The molecule has 0 aliphatic heterocycles. The maximum absolute atomic E-state index is 11.6. The average molecular weight is 304 g/mol. The first-order valence-corrected chi connectivity index (χ1v) is 7.59. The van der Waals surface area contributed by atoms with Crippen molar-refractivity contribution in [1.82, 2.24) is 9.97 Å². The van der Waals surface area contributed by atoms with E-state index in [9.17, 15) is 4.79 Å². The van der Waals surface area contributed by atoms with Crippen molar-refractivity contribution in [1.29, 1.82) is 0 Å². The number of aryl methyl sites for hydroxylation is 2. The lowest BCUT2D eigenvalue weighted by Gasteiger charge is -2.13. The molecule has 0 bridgehead atoms. The van der Waals surface area contributed by atoms with Crippen molar-refractivity contribution in [2.45, 2.75) is 39.2 Å². The number of carbonyl (C=O) groups excluding carboxylic acids is 1. The molecular weight excluding hydrogens is 284 g/mol. The zero-order valence-corrected chi connectivity index (χ0v) is 12.9. The van der Waals surface area contributed by atoms with Gasteiger partial charge in [0.2, 0.25) is 5.88 Å². The molecule has 0 atom stereocenters. The Morgan fingerprint density at radius 2 is 2.18 bits per heavy atom. The predicted octanol–water partition coefficient (Wildman–Crippen LogP) is 3.12. The summed E-state index contributed by atoms with van der Waals surface area (Å²) in [5.74, 6) is 0.264. The van der Waals surface area contributed by atoms with E-state index >= 15 is 0 Å². The molecule has 2 heterocycles. The summed E-state index contributed by atoms with van der Waals surface area (Å²) in [4.78, 5) is 19.3. The molecule has 0 unspecified atom stereocenters. The molecule has 118 valence electrons. The number of nitrogens with zero attached hydrogens (tertiary/aromatic N) is 1. The van der Waals surface area contributed by atoms with Gasteiger partial charge in [-0.2, -0.15) is 0 Å². The van der Waals surface area contributed by atoms with E-state index in [0.29, 0.717) is 6.61 Å². The van der Waals surface area contributed by atoms with Crippen LogP contribution >= 0.6 is 0 Å². The largest absolute Gasteiger partial charge is 0.515 e. The summed E-state index contributed by atoms with van der Waals surface area (Å²) in [6.07, 6.45) is 5.40. The molecule has 0 radical (unpaired) electrons. The molecule has 0 saturated carbocycles. The SMILES string of the molecule is CCOC(=O)Oc1ncc2[nH]c3c(c2c1COC)CCCC3. The quantitative estimate of drug-likeness (QED) is 0.878. The van der Waals surface area contributed by atoms with Gasteiger partial charge in [0.1, 0.15) is 0 Å². The van der Waals surface area contributed by atoms with Crippen molar-refractivity contribution in [3.63, 3.8) is 0 Å². The number of H-pyrrole nitrogens is 1. The zero-order chi connectivity index (χ0) is 15.5. The van der Waals surface area contributed by atoms with Gasteiger partial charge in [-0.25, -0.2) is 9.78 Å². The third-order valence-corrected chi connectivity index (χ3v) is 3.93. The van der Waals surface area contributed by atoms with Crippen molar-refractivity contribution < 1.29 is 19.0 Å². The summed E-state index contributed by atoms with van der Waals surface area (Å²) in [7, 11) is 1.62. The minimum absolute atomic E-state index is 0.264. The molecular formula is C16H20N2O4. The summed E-state index contributed by atoms with van der Waals surface area (Å²) < 4.78 is 15.4. The number of rotatable bonds is 4. The predicted molar refractivity (Wildman–Crippen MR) is 81.1 cm³/mol. The highest BCUT2D eigenvalue weighted by Crippen LogP contribution is 2.34. The van der Waals surface area contributed by atoms with Crippen molar-refractivity contribution in [2.24, 2.45) is 0 Å². The summed E-state index contributed by atoms with van der Waals surface area (Å²) in [5, 5.41) is 1.07. The van der Waals surface area contributed by atoms with Crippen LogP contribution in [0.4, 0.5) is 4.79 Å². The van der Waals surface area contributed by atoms with E-state index < -0.39 is 6.16 Å². The summed E-state index contributed by atoms with van der Waals surface area (Å²) >= 11 is 0. The first-order chi connectivity index (χ1) is 10.7. The van der Waals surface area contributed by atoms with Crippen LogP contribution in [-0.2, 0) is 28.9 Å². The monoisotopic (exact) mass is 304 g/mol. The van der Waals surface area contributed by atoms with Crippen LogP contribution < -0.4 is 4.74 Å². The van der Waals surface area contributed by atoms with Crippen molar-refractivity contribution in [3.8, 4) is 5.88 Å². The van der Waals surface area contributed by atoms with Crippen molar-refractivity contribution >= 4 is 17.1 Å². The van der Waals surface area contributed by atoms with Crippen molar-refractivity contribution in [2.75, 3.05) is 13.7 Å². The Kier molecular flexibility index (Phi) is 4.29. The van der Waals surface area contributed by atoms with Crippen LogP contribution in [0.15, 0.2) is 6.20 Å². The smallest absolute Gasteiger partial charge is 0.434 e. The number of pyridine rings is 1. The van der Waals surface area contributed by atoms with Crippen LogP contribution in [0.3, 0.4) is 0 Å². The van der Waals surface area contributed by atoms with Gasteiger partial charge >= 0.3 is 6.16 Å². The summed E-state index contributed by atoms with van der Waals surface area (Å²) in [5.41, 5.74) is 4.32. The maximum atomic E-state index is 11.6. The van der Waals surface area contributed by atoms with Gasteiger partial charge in [0.05, 0.1) is 30.5 Å². The lowest BCUT2D eigenvalue weighted by molar-refractivity contribution is 0.101. The number of hydrogen-bond donors (Lipinski definition) is 1. The second kappa shape index (κ2) is 6.36. The Hall–Kier alpha value is -2.08. The van der Waals surface area contributed by atoms with Crippen LogP contribution in [0.2, 0.25) is 0 Å². The first-order valence-electron chi connectivity index (χ1n) is 7.59. The molecule has 6 heteroatoms.